The number of methoxy groups -OCH3 is 1. The zero-order valence-electron chi connectivity index (χ0n) is 19.0. The first kappa shape index (κ1) is 23.1. The van der Waals surface area contributed by atoms with Crippen molar-refractivity contribution < 1.29 is 23.1 Å². The van der Waals surface area contributed by atoms with Gasteiger partial charge in [0.2, 0.25) is 15.9 Å². The molecule has 0 aliphatic carbocycles. The van der Waals surface area contributed by atoms with E-state index in [0.29, 0.717) is 13.1 Å². The van der Waals surface area contributed by atoms with E-state index in [1.54, 1.807) is 25.0 Å². The van der Waals surface area contributed by atoms with Gasteiger partial charge in [-0.15, -0.1) is 0 Å². The van der Waals surface area contributed by atoms with Crippen LogP contribution in [0.15, 0.2) is 59.5 Å². The summed E-state index contributed by atoms with van der Waals surface area (Å²) in [6.45, 7) is 4.64. The van der Waals surface area contributed by atoms with E-state index < -0.39 is 10.0 Å². The summed E-state index contributed by atoms with van der Waals surface area (Å²) in [5.41, 5.74) is 1.67. The number of amides is 1. The summed E-state index contributed by atoms with van der Waals surface area (Å²) in [4.78, 5) is 14.8. The Labute approximate surface area is 194 Å². The fraction of sp³-hybridized carbons (Fsp3) is 0.320. The van der Waals surface area contributed by atoms with Crippen LogP contribution in [0.5, 0.6) is 11.5 Å². The van der Waals surface area contributed by atoms with Gasteiger partial charge in [-0.25, -0.2) is 8.42 Å². The van der Waals surface area contributed by atoms with Gasteiger partial charge in [-0.3, -0.25) is 4.79 Å². The zero-order valence-corrected chi connectivity index (χ0v) is 19.8. The van der Waals surface area contributed by atoms with Gasteiger partial charge in [0.25, 0.3) is 0 Å². The molecule has 1 saturated heterocycles. The van der Waals surface area contributed by atoms with Crippen LogP contribution in [0.3, 0.4) is 0 Å². The molecule has 0 unspecified atom stereocenters. The zero-order chi connectivity index (χ0) is 23.8. The average Bonchev–Trinajstić information content (AvgIpc) is 2.83. The van der Waals surface area contributed by atoms with Crippen LogP contribution in [-0.2, 0) is 14.8 Å². The molecule has 3 aromatic rings. The summed E-state index contributed by atoms with van der Waals surface area (Å²) >= 11 is 0. The Balaban J connectivity index is 1.46. The SMILES string of the molecule is COc1ccc2cc([C@H](C)C(=O)N3CCN(S(=O)(=O)c4cc(C)ccc4O)CC3)ccc2c1. The predicted molar refractivity (Wildman–Crippen MR) is 127 cm³/mol. The van der Waals surface area contributed by atoms with Crippen LogP contribution in [0.25, 0.3) is 10.8 Å². The second kappa shape index (κ2) is 9.03. The van der Waals surface area contributed by atoms with E-state index in [9.17, 15) is 18.3 Å². The van der Waals surface area contributed by atoms with E-state index in [2.05, 4.69) is 0 Å². The van der Waals surface area contributed by atoms with Crippen molar-refractivity contribution in [1.82, 2.24) is 9.21 Å². The highest BCUT2D eigenvalue weighted by Gasteiger charge is 2.33. The first-order valence-corrected chi connectivity index (χ1v) is 12.3. The lowest BCUT2D eigenvalue weighted by Gasteiger charge is -2.35. The Kier molecular flexibility index (Phi) is 6.32. The molecule has 0 aromatic heterocycles. The van der Waals surface area contributed by atoms with Gasteiger partial charge in [0.05, 0.1) is 13.0 Å². The highest BCUT2D eigenvalue weighted by atomic mass is 32.2. The van der Waals surface area contributed by atoms with E-state index in [1.807, 2.05) is 43.3 Å². The number of phenols is 1. The van der Waals surface area contributed by atoms with Gasteiger partial charge >= 0.3 is 0 Å². The summed E-state index contributed by atoms with van der Waals surface area (Å²) in [6, 6.07) is 16.3. The van der Waals surface area contributed by atoms with Crippen LogP contribution in [0, 0.1) is 6.92 Å². The monoisotopic (exact) mass is 468 g/mol. The lowest BCUT2D eigenvalue weighted by Crippen LogP contribution is -2.51. The Bertz CT molecular complexity index is 1300. The predicted octanol–water partition coefficient (Wildman–Crippen LogP) is 3.50. The molecular weight excluding hydrogens is 440 g/mol. The van der Waals surface area contributed by atoms with Crippen molar-refractivity contribution in [3.63, 3.8) is 0 Å². The maximum Gasteiger partial charge on any atom is 0.246 e. The second-order valence-electron chi connectivity index (χ2n) is 8.39. The summed E-state index contributed by atoms with van der Waals surface area (Å²) in [5, 5.41) is 12.1. The maximum atomic E-state index is 13.2. The Morgan fingerprint density at radius 2 is 1.64 bits per heavy atom. The summed E-state index contributed by atoms with van der Waals surface area (Å²) in [5.74, 6) is 0.145. The Hall–Kier alpha value is -3.10. The van der Waals surface area contributed by atoms with Crippen LogP contribution in [-0.4, -0.2) is 61.9 Å². The molecule has 0 bridgehead atoms. The molecular formula is C25H28N2O5S. The fourth-order valence-electron chi connectivity index (χ4n) is 4.17. The van der Waals surface area contributed by atoms with Crippen LogP contribution in [0.2, 0.25) is 0 Å². The number of aryl methyl sites for hydroxylation is 1. The molecule has 1 heterocycles. The van der Waals surface area contributed by atoms with Gasteiger partial charge in [0, 0.05) is 26.2 Å². The number of nitrogens with zero attached hydrogens (tertiary/aromatic N) is 2. The molecule has 0 radical (unpaired) electrons. The number of benzene rings is 3. The third-order valence-corrected chi connectivity index (χ3v) is 8.15. The summed E-state index contributed by atoms with van der Waals surface area (Å²) in [7, 11) is -2.20. The van der Waals surface area contributed by atoms with Crippen molar-refractivity contribution >= 4 is 26.7 Å². The number of piperazine rings is 1. The van der Waals surface area contributed by atoms with E-state index in [0.717, 1.165) is 27.6 Å². The molecule has 1 aliphatic rings. The number of sulfonamides is 1. The highest BCUT2D eigenvalue weighted by Crippen LogP contribution is 2.29. The average molecular weight is 469 g/mol. The molecule has 174 valence electrons. The first-order valence-electron chi connectivity index (χ1n) is 10.9. The van der Waals surface area contributed by atoms with E-state index in [4.69, 9.17) is 4.74 Å². The second-order valence-corrected chi connectivity index (χ2v) is 10.3. The number of carbonyl (C=O) groups is 1. The Morgan fingerprint density at radius 3 is 2.33 bits per heavy atom. The molecule has 0 spiro atoms. The topological polar surface area (TPSA) is 87.2 Å². The van der Waals surface area contributed by atoms with E-state index in [1.165, 1.54) is 16.4 Å². The van der Waals surface area contributed by atoms with Gasteiger partial charge in [-0.2, -0.15) is 4.31 Å². The molecule has 8 heteroatoms. The smallest absolute Gasteiger partial charge is 0.246 e. The van der Waals surface area contributed by atoms with Gasteiger partial charge in [0.15, 0.2) is 0 Å². The molecule has 0 saturated carbocycles. The van der Waals surface area contributed by atoms with Crippen molar-refractivity contribution in [2.24, 2.45) is 0 Å². The number of phenolic OH excluding ortho intramolecular Hbond substituents is 1. The number of ether oxygens (including phenoxy) is 1. The van der Waals surface area contributed by atoms with Gasteiger partial charge in [-0.1, -0.05) is 30.3 Å². The highest BCUT2D eigenvalue weighted by molar-refractivity contribution is 7.89. The lowest BCUT2D eigenvalue weighted by molar-refractivity contribution is -0.133. The van der Waals surface area contributed by atoms with Crippen LogP contribution in [0.1, 0.15) is 24.0 Å². The van der Waals surface area contributed by atoms with Gasteiger partial charge < -0.3 is 14.7 Å². The van der Waals surface area contributed by atoms with Crippen LogP contribution >= 0.6 is 0 Å². The molecule has 3 aromatic carbocycles. The minimum absolute atomic E-state index is 0.0293. The molecule has 1 amide bonds. The van der Waals surface area contributed by atoms with Crippen molar-refractivity contribution in [2.45, 2.75) is 24.7 Å². The third kappa shape index (κ3) is 4.54. The normalized spacial score (nSPS) is 16.0. The molecule has 1 N–H and O–H groups in total. The van der Waals surface area contributed by atoms with E-state index in [-0.39, 0.29) is 35.6 Å². The number of hydrogen-bond donors (Lipinski definition) is 1. The third-order valence-electron chi connectivity index (χ3n) is 6.23. The molecule has 1 fully saturated rings. The van der Waals surface area contributed by atoms with Crippen LogP contribution in [0.4, 0.5) is 0 Å². The van der Waals surface area contributed by atoms with Gasteiger partial charge in [0.1, 0.15) is 16.4 Å². The quantitative estimate of drug-likeness (QED) is 0.619. The van der Waals surface area contributed by atoms with Crippen molar-refractivity contribution in [3.8, 4) is 11.5 Å². The number of rotatable bonds is 5. The Morgan fingerprint density at radius 1 is 0.970 bits per heavy atom. The standard InChI is InChI=1S/C25H28N2O5S/c1-17-4-9-23(28)24(14-17)33(30,31)27-12-10-26(11-13-27)25(29)18(2)19-5-6-21-16-22(32-3)8-7-20(21)15-19/h4-9,14-16,18,28H,10-13H2,1-3H3/t18-/m0/s1. The molecule has 33 heavy (non-hydrogen) atoms. The molecule has 7 nitrogen and oxygen atoms in total. The van der Waals surface area contributed by atoms with Crippen molar-refractivity contribution in [3.05, 3.63) is 65.7 Å². The summed E-state index contributed by atoms with van der Waals surface area (Å²) < 4.78 is 32.6. The molecule has 4 rings (SSSR count). The fourth-order valence-corrected chi connectivity index (χ4v) is 5.76. The number of carbonyl (C=O) groups excluding carboxylic acids is 1. The minimum Gasteiger partial charge on any atom is -0.507 e. The van der Waals surface area contributed by atoms with E-state index >= 15 is 0 Å². The first-order chi connectivity index (χ1) is 15.7. The number of aromatic hydroxyl groups is 1. The molecule has 1 atom stereocenters. The minimum atomic E-state index is -3.83. The molecule has 1 aliphatic heterocycles. The van der Waals surface area contributed by atoms with Crippen LogP contribution < -0.4 is 4.74 Å². The summed E-state index contributed by atoms with van der Waals surface area (Å²) in [6.07, 6.45) is 0. The number of hydrogen-bond acceptors (Lipinski definition) is 5. The largest absolute Gasteiger partial charge is 0.507 e. The van der Waals surface area contributed by atoms with Crippen molar-refractivity contribution in [1.29, 1.82) is 0 Å². The van der Waals surface area contributed by atoms with Crippen molar-refractivity contribution in [2.75, 3.05) is 33.3 Å². The number of fused-ring (bicyclic) bond motifs is 1. The maximum absolute atomic E-state index is 13.2. The lowest BCUT2D eigenvalue weighted by atomic mass is 9.96. The van der Waals surface area contributed by atoms with Gasteiger partial charge in [-0.05, 0) is 60.0 Å².